The van der Waals surface area contributed by atoms with Crippen molar-refractivity contribution in [3.63, 3.8) is 0 Å². The van der Waals surface area contributed by atoms with Gasteiger partial charge in [-0.15, -0.1) is 0 Å². The first-order chi connectivity index (χ1) is 20.0. The van der Waals surface area contributed by atoms with Crippen LogP contribution in [0.5, 0.6) is 0 Å². The number of aliphatic carboxylic acids is 2. The summed E-state index contributed by atoms with van der Waals surface area (Å²) in [6.07, 6.45) is 0.788. The van der Waals surface area contributed by atoms with Gasteiger partial charge in [-0.05, 0) is 118 Å². The predicted octanol–water partition coefficient (Wildman–Crippen LogP) is 9.00. The normalized spacial score (nSPS) is 16.6. The van der Waals surface area contributed by atoms with Crippen molar-refractivity contribution in [2.24, 2.45) is 0 Å². The molecule has 0 aliphatic heterocycles. The molecule has 0 heterocycles. The number of carbonyl (C=O) groups is 2. The van der Waals surface area contributed by atoms with Crippen LogP contribution >= 0.6 is 0 Å². The second-order valence-electron chi connectivity index (χ2n) is 17.4. The number of carboxylic acids is 2. The third-order valence-electron chi connectivity index (χ3n) is 6.81. The molecular weight excluding hydrogens is 721 g/mol. The molecule has 0 aromatic heterocycles. The van der Waals surface area contributed by atoms with E-state index in [4.69, 9.17) is 24.7 Å². The molecule has 0 aromatic carbocycles. The van der Waals surface area contributed by atoms with Crippen LogP contribution in [0.1, 0.15) is 26.7 Å². The molecule has 18 heteroatoms. The van der Waals surface area contributed by atoms with Crippen molar-refractivity contribution in [2.75, 3.05) is 0 Å². The Labute approximate surface area is 289 Å². The summed E-state index contributed by atoms with van der Waals surface area (Å²) in [7, 11) is -21.0. The van der Waals surface area contributed by atoms with Crippen LogP contribution in [0.2, 0.25) is 129 Å². The van der Waals surface area contributed by atoms with E-state index in [-0.39, 0.29) is 11.1 Å². The Kier molecular flexibility index (Phi) is 16.1. The van der Waals surface area contributed by atoms with E-state index in [2.05, 4.69) is 78.6 Å². The summed E-state index contributed by atoms with van der Waals surface area (Å²) in [5, 5.41) is 21.7. The number of carboxylic acid groups (broad SMARTS) is 2. The van der Waals surface area contributed by atoms with Gasteiger partial charge in [0.2, 0.25) is 0 Å². The molecule has 2 N–H and O–H groups in total. The van der Waals surface area contributed by atoms with Gasteiger partial charge in [-0.25, -0.2) is 9.59 Å². The highest BCUT2D eigenvalue weighted by Crippen LogP contribution is 2.45. The minimum Gasteiger partial charge on any atom is -0.478 e. The predicted molar refractivity (Wildman–Crippen MR) is 208 cm³/mol. The molecule has 0 radical (unpaired) electrons. The fraction of sp³-hybridized carbons (Fsp3) is 0.857. The highest BCUT2D eigenvalue weighted by Gasteiger charge is 2.54. The largest absolute Gasteiger partial charge is 0.478 e. The summed E-state index contributed by atoms with van der Waals surface area (Å²) in [6.45, 7) is 40.5. The van der Waals surface area contributed by atoms with Crippen molar-refractivity contribution >= 4 is 79.5 Å². The van der Waals surface area contributed by atoms with E-state index in [9.17, 15) is 19.8 Å². The molecule has 0 spiro atoms. The van der Waals surface area contributed by atoms with Gasteiger partial charge in [0, 0.05) is 24.2 Å². The molecule has 10 nitrogen and oxygen atoms in total. The fourth-order valence-electron chi connectivity index (χ4n) is 6.44. The van der Waals surface area contributed by atoms with E-state index < -0.39 is 90.5 Å². The number of hydrogen-bond donors (Lipinski definition) is 2. The molecule has 272 valence electrons. The van der Waals surface area contributed by atoms with E-state index in [0.717, 1.165) is 0 Å². The van der Waals surface area contributed by atoms with E-state index in [1.807, 2.05) is 53.1 Å². The molecule has 0 saturated carbocycles. The zero-order valence-corrected chi connectivity index (χ0v) is 40.7. The Balaban J connectivity index is 7.42. The van der Waals surface area contributed by atoms with E-state index in [1.54, 1.807) is 0 Å². The third-order valence-corrected chi connectivity index (χ3v) is 34.5. The van der Waals surface area contributed by atoms with Crippen molar-refractivity contribution in [3.8, 4) is 0 Å². The molecule has 0 rings (SSSR count). The quantitative estimate of drug-likeness (QED) is 0.0911. The molecule has 2 unspecified atom stereocenters. The number of rotatable bonds is 20. The van der Waals surface area contributed by atoms with Gasteiger partial charge in [-0.3, -0.25) is 0 Å². The van der Waals surface area contributed by atoms with Crippen LogP contribution < -0.4 is 0 Å². The van der Waals surface area contributed by atoms with Crippen molar-refractivity contribution in [1.82, 2.24) is 0 Å². The van der Waals surface area contributed by atoms with E-state index >= 15 is 0 Å². The molecule has 0 aliphatic rings. The monoisotopic (exact) mass is 788 g/mol. The molecule has 0 saturated heterocycles. The molecule has 0 fully saturated rings. The van der Waals surface area contributed by atoms with Crippen LogP contribution in [-0.2, 0) is 34.3 Å². The van der Waals surface area contributed by atoms with Gasteiger partial charge >= 0.3 is 29.5 Å². The second kappa shape index (κ2) is 16.0. The lowest BCUT2D eigenvalue weighted by molar-refractivity contribution is -0.136. The Morgan fingerprint density at radius 3 is 0.761 bits per heavy atom. The first-order valence-corrected chi connectivity index (χ1v) is 40.5. The fourth-order valence-corrected chi connectivity index (χ4v) is 40.2. The van der Waals surface area contributed by atoms with Crippen molar-refractivity contribution in [2.45, 2.75) is 156 Å². The van der Waals surface area contributed by atoms with Gasteiger partial charge < -0.3 is 34.9 Å². The SMILES string of the molecule is CCC(/C(C(=O)O)=C(\C(=O)O)C(CC)[Si](C)(C)O[Si](C)(O[Si](C)(C)C)O[Si](C)(C)C)[Si](C)(C)O[Si](C)(O[Si](C)(C)C)O[Si](C)(C)C. The second-order valence-corrected chi connectivity index (χ2v) is 50.4. The summed E-state index contributed by atoms with van der Waals surface area (Å²) in [5.74, 6) is -2.48. The first-order valence-electron chi connectivity index (χ1n) is 16.4. The summed E-state index contributed by atoms with van der Waals surface area (Å²) < 4.78 is 40.4. The highest BCUT2D eigenvalue weighted by atomic mass is 28.5. The lowest BCUT2D eigenvalue weighted by Gasteiger charge is -2.45. The molecule has 2 atom stereocenters. The molecular formula is C28H68O10Si8. The Hall–Kier alpha value is 0.175. The van der Waals surface area contributed by atoms with Gasteiger partial charge in [0.15, 0.2) is 49.9 Å². The standard InChI is InChI=1S/C28H68O10Si8/c1-21-23(43(15,16)37-45(19,33-39(3,4)5)34-40(6,7)8)25(27(29)30)26(28(31)32)24(22-2)44(17,18)38-46(20,35-41(9,10)11)36-42(12,13)14/h23-24H,21-22H2,1-20H3,(H,29,30)(H,31,32)/b26-25+. The average Bonchev–Trinajstić information content (AvgIpc) is 2.67. The van der Waals surface area contributed by atoms with Gasteiger partial charge in [0.25, 0.3) is 0 Å². The molecule has 0 bridgehead atoms. The van der Waals surface area contributed by atoms with Crippen LogP contribution in [-0.4, -0.2) is 89.7 Å². The maximum atomic E-state index is 13.3. The zero-order valence-electron chi connectivity index (χ0n) is 32.7. The van der Waals surface area contributed by atoms with Crippen molar-refractivity contribution in [3.05, 3.63) is 11.1 Å². The minimum absolute atomic E-state index is 0.0966. The van der Waals surface area contributed by atoms with Gasteiger partial charge in [-0.2, -0.15) is 0 Å². The topological polar surface area (TPSA) is 130 Å². The molecule has 46 heavy (non-hydrogen) atoms. The van der Waals surface area contributed by atoms with E-state index in [0.29, 0.717) is 12.8 Å². The van der Waals surface area contributed by atoms with Crippen LogP contribution in [0.4, 0.5) is 0 Å². The number of hydrogen-bond acceptors (Lipinski definition) is 8. The van der Waals surface area contributed by atoms with Gasteiger partial charge in [0.05, 0.1) is 11.1 Å². The summed E-state index contributed by atoms with van der Waals surface area (Å²) in [5.41, 5.74) is -1.48. The Morgan fingerprint density at radius 1 is 0.435 bits per heavy atom. The smallest absolute Gasteiger partial charge is 0.466 e. The van der Waals surface area contributed by atoms with Crippen molar-refractivity contribution in [1.29, 1.82) is 0 Å². The Bertz CT molecular complexity index is 970. The summed E-state index contributed by atoms with van der Waals surface area (Å²) in [6, 6.07) is 0. The van der Waals surface area contributed by atoms with Gasteiger partial charge in [-0.1, -0.05) is 13.8 Å². The van der Waals surface area contributed by atoms with Crippen LogP contribution in [0.3, 0.4) is 0 Å². The average molecular weight is 790 g/mol. The molecule has 0 aliphatic carbocycles. The highest BCUT2D eigenvalue weighted by molar-refractivity contribution is 6.91. The summed E-state index contributed by atoms with van der Waals surface area (Å²) in [4.78, 5) is 26.6. The van der Waals surface area contributed by atoms with Crippen LogP contribution in [0.25, 0.3) is 0 Å². The molecule has 0 aromatic rings. The maximum absolute atomic E-state index is 13.3. The molecule has 0 amide bonds. The van der Waals surface area contributed by atoms with Gasteiger partial charge in [0.1, 0.15) is 0 Å². The third kappa shape index (κ3) is 15.8. The zero-order chi connectivity index (χ0) is 37.1. The lowest BCUT2D eigenvalue weighted by Crippen LogP contribution is -2.61. The van der Waals surface area contributed by atoms with Crippen LogP contribution in [0, 0.1) is 0 Å². The maximum Gasteiger partial charge on any atom is 0.466 e. The summed E-state index contributed by atoms with van der Waals surface area (Å²) >= 11 is 0. The van der Waals surface area contributed by atoms with Crippen molar-refractivity contribution < 1.29 is 44.5 Å². The minimum atomic E-state index is -3.24. The lowest BCUT2D eigenvalue weighted by atomic mass is 9.98. The van der Waals surface area contributed by atoms with E-state index in [1.165, 1.54) is 0 Å². The van der Waals surface area contributed by atoms with Crippen LogP contribution in [0.15, 0.2) is 11.1 Å². The first kappa shape index (κ1) is 46.2. The Morgan fingerprint density at radius 2 is 0.630 bits per heavy atom.